The van der Waals surface area contributed by atoms with Crippen molar-refractivity contribution in [3.05, 3.63) is 54.4 Å². The fraction of sp³-hybridized carbons (Fsp3) is 0.111. The smallest absolute Gasteiger partial charge is 0.303 e. The van der Waals surface area contributed by atoms with Gasteiger partial charge in [-0.3, -0.25) is 9.20 Å². The first-order chi connectivity index (χ1) is 12.1. The van der Waals surface area contributed by atoms with Crippen molar-refractivity contribution >= 4 is 22.5 Å². The fourth-order valence-electron chi connectivity index (χ4n) is 2.88. The van der Waals surface area contributed by atoms with E-state index in [0.29, 0.717) is 22.9 Å². The number of hydrogen-bond donors (Lipinski definition) is 2. The second-order valence-corrected chi connectivity index (χ2v) is 5.64. The average Bonchev–Trinajstić information content (AvgIpc) is 3.05. The average molecular weight is 334 g/mol. The maximum absolute atomic E-state index is 11.0. The van der Waals surface area contributed by atoms with E-state index in [-0.39, 0.29) is 18.6 Å². The highest BCUT2D eigenvalue weighted by Crippen LogP contribution is 2.30. The molecule has 124 valence electrons. The highest BCUT2D eigenvalue weighted by atomic mass is 16.4. The maximum Gasteiger partial charge on any atom is 0.303 e. The third kappa shape index (κ3) is 2.55. The molecule has 0 unspecified atom stereocenters. The molecule has 2 heterocycles. The summed E-state index contributed by atoms with van der Waals surface area (Å²) >= 11 is 0. The van der Waals surface area contributed by atoms with Gasteiger partial charge in [-0.25, -0.2) is 4.98 Å². The number of carboxylic acids is 1. The Kier molecular flexibility index (Phi) is 3.53. The van der Waals surface area contributed by atoms with Gasteiger partial charge < -0.3 is 10.2 Å². The Labute approximate surface area is 142 Å². The minimum atomic E-state index is -0.903. The summed E-state index contributed by atoms with van der Waals surface area (Å²) in [7, 11) is 0. The Morgan fingerprint density at radius 2 is 1.80 bits per heavy atom. The molecule has 0 saturated carbocycles. The Morgan fingerprint density at radius 1 is 1.04 bits per heavy atom. The molecule has 0 amide bonds. The SMILES string of the molecule is O=C(O)CCc1nc2ccccc2c2nnc(-c3ccccc3O)n12. The van der Waals surface area contributed by atoms with E-state index in [0.717, 1.165) is 10.9 Å². The first-order valence-corrected chi connectivity index (χ1v) is 7.78. The van der Waals surface area contributed by atoms with Crippen LogP contribution in [0.3, 0.4) is 0 Å². The molecule has 0 atom stereocenters. The number of rotatable bonds is 4. The van der Waals surface area contributed by atoms with Crippen LogP contribution in [0, 0.1) is 0 Å². The molecule has 2 aromatic carbocycles. The summed E-state index contributed by atoms with van der Waals surface area (Å²) in [5.74, 6) is 0.153. The van der Waals surface area contributed by atoms with E-state index in [2.05, 4.69) is 15.2 Å². The number of aryl methyl sites for hydroxylation is 1. The van der Waals surface area contributed by atoms with E-state index in [1.165, 1.54) is 0 Å². The van der Waals surface area contributed by atoms with Crippen LogP contribution in [0.1, 0.15) is 12.2 Å². The van der Waals surface area contributed by atoms with Gasteiger partial charge in [-0.15, -0.1) is 10.2 Å². The Bertz CT molecular complexity index is 1100. The van der Waals surface area contributed by atoms with E-state index in [1.807, 2.05) is 24.3 Å². The van der Waals surface area contributed by atoms with E-state index in [4.69, 9.17) is 5.11 Å². The number of para-hydroxylation sites is 2. The van der Waals surface area contributed by atoms with Crippen molar-refractivity contribution in [1.29, 1.82) is 0 Å². The molecule has 0 spiro atoms. The maximum atomic E-state index is 11.0. The van der Waals surface area contributed by atoms with Crippen LogP contribution in [-0.4, -0.2) is 35.8 Å². The summed E-state index contributed by atoms with van der Waals surface area (Å²) in [6.45, 7) is 0. The number of aromatic nitrogens is 4. The van der Waals surface area contributed by atoms with Crippen molar-refractivity contribution in [2.24, 2.45) is 0 Å². The first kappa shape index (κ1) is 15.1. The third-order valence-electron chi connectivity index (χ3n) is 4.02. The van der Waals surface area contributed by atoms with Crippen LogP contribution in [0.25, 0.3) is 27.9 Å². The third-order valence-corrected chi connectivity index (χ3v) is 4.02. The number of benzene rings is 2. The molecule has 0 bridgehead atoms. The molecule has 0 aliphatic heterocycles. The van der Waals surface area contributed by atoms with Crippen LogP contribution < -0.4 is 0 Å². The largest absolute Gasteiger partial charge is 0.507 e. The molecule has 2 aromatic heterocycles. The number of aromatic hydroxyl groups is 1. The molecule has 0 saturated heterocycles. The molecule has 0 aliphatic carbocycles. The van der Waals surface area contributed by atoms with Crippen LogP contribution in [0.2, 0.25) is 0 Å². The van der Waals surface area contributed by atoms with Crippen molar-refractivity contribution in [3.8, 4) is 17.1 Å². The van der Waals surface area contributed by atoms with Crippen LogP contribution in [0.4, 0.5) is 0 Å². The molecular weight excluding hydrogens is 320 g/mol. The molecule has 0 fully saturated rings. The molecule has 7 heteroatoms. The van der Waals surface area contributed by atoms with Gasteiger partial charge in [0.2, 0.25) is 0 Å². The van der Waals surface area contributed by atoms with Crippen molar-refractivity contribution in [3.63, 3.8) is 0 Å². The number of phenols is 1. The zero-order valence-corrected chi connectivity index (χ0v) is 13.1. The number of nitrogens with zero attached hydrogens (tertiary/aromatic N) is 4. The zero-order valence-electron chi connectivity index (χ0n) is 13.1. The van der Waals surface area contributed by atoms with Gasteiger partial charge in [0.1, 0.15) is 11.6 Å². The molecule has 4 aromatic rings. The topological polar surface area (TPSA) is 101 Å². The lowest BCUT2D eigenvalue weighted by molar-refractivity contribution is -0.137. The summed E-state index contributed by atoms with van der Waals surface area (Å²) in [5.41, 5.74) is 1.83. The van der Waals surface area contributed by atoms with Gasteiger partial charge in [0.25, 0.3) is 0 Å². The number of aliphatic carboxylic acids is 1. The van der Waals surface area contributed by atoms with E-state index in [1.54, 1.807) is 28.7 Å². The van der Waals surface area contributed by atoms with Gasteiger partial charge in [0, 0.05) is 11.8 Å². The van der Waals surface area contributed by atoms with Crippen molar-refractivity contribution in [2.75, 3.05) is 0 Å². The van der Waals surface area contributed by atoms with Crippen molar-refractivity contribution in [1.82, 2.24) is 19.6 Å². The number of hydrogen-bond acceptors (Lipinski definition) is 5. The molecule has 2 N–H and O–H groups in total. The van der Waals surface area contributed by atoms with E-state index in [9.17, 15) is 9.90 Å². The lowest BCUT2D eigenvalue weighted by Crippen LogP contribution is -2.07. The van der Waals surface area contributed by atoms with Gasteiger partial charge in [0.05, 0.1) is 17.5 Å². The summed E-state index contributed by atoms with van der Waals surface area (Å²) in [6.07, 6.45) is 0.175. The summed E-state index contributed by atoms with van der Waals surface area (Å²) in [4.78, 5) is 15.6. The van der Waals surface area contributed by atoms with Crippen LogP contribution in [-0.2, 0) is 11.2 Å². The predicted octanol–water partition coefficient (Wildman–Crippen LogP) is 2.67. The summed E-state index contributed by atoms with van der Waals surface area (Å²) < 4.78 is 1.72. The second kappa shape index (κ2) is 5.86. The molecule has 0 aliphatic rings. The number of carbonyl (C=O) groups is 1. The van der Waals surface area contributed by atoms with Gasteiger partial charge in [-0.1, -0.05) is 24.3 Å². The Balaban J connectivity index is 2.03. The fourth-order valence-corrected chi connectivity index (χ4v) is 2.88. The monoisotopic (exact) mass is 334 g/mol. The number of phenolic OH excluding ortho intramolecular Hbond substituents is 1. The lowest BCUT2D eigenvalue weighted by Gasteiger charge is -2.09. The number of fused-ring (bicyclic) bond motifs is 3. The quantitative estimate of drug-likeness (QED) is 0.595. The zero-order chi connectivity index (χ0) is 17.4. The minimum Gasteiger partial charge on any atom is -0.507 e. The van der Waals surface area contributed by atoms with Gasteiger partial charge >= 0.3 is 5.97 Å². The Morgan fingerprint density at radius 3 is 2.60 bits per heavy atom. The molecular formula is C18H14N4O3. The standard InChI is InChI=1S/C18H14N4O3/c23-14-8-4-2-6-12(14)18-21-20-17-11-5-1-3-7-13(11)19-15(22(17)18)9-10-16(24)25/h1-8,23H,9-10H2,(H,24,25). The molecule has 7 nitrogen and oxygen atoms in total. The van der Waals surface area contributed by atoms with Crippen molar-refractivity contribution < 1.29 is 15.0 Å². The normalized spacial score (nSPS) is 11.2. The summed E-state index contributed by atoms with van der Waals surface area (Å²) in [5, 5.41) is 28.5. The van der Waals surface area contributed by atoms with Crippen LogP contribution >= 0.6 is 0 Å². The Hall–Kier alpha value is -3.48. The second-order valence-electron chi connectivity index (χ2n) is 5.64. The van der Waals surface area contributed by atoms with Gasteiger partial charge in [-0.05, 0) is 24.3 Å². The highest BCUT2D eigenvalue weighted by molar-refractivity contribution is 5.92. The summed E-state index contributed by atoms with van der Waals surface area (Å²) in [6, 6.07) is 14.3. The number of carboxylic acid groups (broad SMARTS) is 1. The van der Waals surface area contributed by atoms with Gasteiger partial charge in [0.15, 0.2) is 11.5 Å². The van der Waals surface area contributed by atoms with E-state index < -0.39 is 5.97 Å². The predicted molar refractivity (Wildman–Crippen MR) is 91.3 cm³/mol. The molecule has 25 heavy (non-hydrogen) atoms. The lowest BCUT2D eigenvalue weighted by atomic mass is 10.1. The van der Waals surface area contributed by atoms with Crippen LogP contribution in [0.15, 0.2) is 48.5 Å². The van der Waals surface area contributed by atoms with E-state index >= 15 is 0 Å². The van der Waals surface area contributed by atoms with Crippen molar-refractivity contribution in [2.45, 2.75) is 12.8 Å². The van der Waals surface area contributed by atoms with Crippen LogP contribution in [0.5, 0.6) is 5.75 Å². The highest BCUT2D eigenvalue weighted by Gasteiger charge is 2.18. The minimum absolute atomic E-state index is 0.0567. The van der Waals surface area contributed by atoms with Gasteiger partial charge in [-0.2, -0.15) is 0 Å². The first-order valence-electron chi connectivity index (χ1n) is 7.78. The molecule has 4 rings (SSSR count). The molecule has 0 radical (unpaired) electrons.